The first-order chi connectivity index (χ1) is 7.85. The highest BCUT2D eigenvalue weighted by Crippen LogP contribution is 2.29. The maximum atomic E-state index is 11.9. The normalized spacial score (nSPS) is 24.8. The van der Waals surface area contributed by atoms with Gasteiger partial charge in [-0.05, 0) is 33.1 Å². The van der Waals surface area contributed by atoms with E-state index in [4.69, 9.17) is 11.5 Å². The van der Waals surface area contributed by atoms with Gasteiger partial charge in [0, 0.05) is 5.92 Å². The second kappa shape index (κ2) is 5.22. The number of nitrogens with one attached hydrogen (secondary N) is 1. The van der Waals surface area contributed by atoms with Crippen LogP contribution in [-0.2, 0) is 9.59 Å². The lowest BCUT2D eigenvalue weighted by Gasteiger charge is -2.28. The van der Waals surface area contributed by atoms with Crippen molar-refractivity contribution in [2.45, 2.75) is 45.1 Å². The number of aliphatic carboxylic acids is 1. The molecule has 2 atom stereocenters. The third-order valence-corrected chi connectivity index (χ3v) is 3.19. The van der Waals surface area contributed by atoms with Crippen molar-refractivity contribution >= 4 is 11.9 Å². The van der Waals surface area contributed by atoms with Crippen molar-refractivity contribution in [2.24, 2.45) is 11.8 Å². The van der Waals surface area contributed by atoms with Crippen LogP contribution in [0.4, 0.5) is 0 Å². The summed E-state index contributed by atoms with van der Waals surface area (Å²) in [5.74, 6) is 0.945. The topological polar surface area (TPSA) is 66.4 Å². The van der Waals surface area contributed by atoms with Crippen molar-refractivity contribution in [3.05, 3.63) is 0 Å². The van der Waals surface area contributed by atoms with Crippen LogP contribution in [0.25, 0.3) is 0 Å². The molecule has 1 aliphatic rings. The third kappa shape index (κ3) is 3.77. The SMILES string of the molecule is C#CC(C)(C)NC(=O)C1CCCC(C(=O)O)C1. The summed E-state index contributed by atoms with van der Waals surface area (Å²) in [5, 5.41) is 11.7. The van der Waals surface area contributed by atoms with Gasteiger partial charge in [0.15, 0.2) is 0 Å². The predicted molar refractivity (Wildman–Crippen MR) is 64.1 cm³/mol. The molecule has 94 valence electrons. The van der Waals surface area contributed by atoms with Gasteiger partial charge in [-0.25, -0.2) is 0 Å². The molecule has 0 aromatic heterocycles. The van der Waals surface area contributed by atoms with E-state index < -0.39 is 17.4 Å². The van der Waals surface area contributed by atoms with Gasteiger partial charge in [-0.2, -0.15) is 0 Å². The molecule has 17 heavy (non-hydrogen) atoms. The highest BCUT2D eigenvalue weighted by molar-refractivity contribution is 5.81. The molecule has 4 heteroatoms. The van der Waals surface area contributed by atoms with Gasteiger partial charge in [0.2, 0.25) is 5.91 Å². The summed E-state index contributed by atoms with van der Waals surface area (Å²) in [6.45, 7) is 3.50. The molecular formula is C13H19NO3. The molecule has 0 radical (unpaired) electrons. The van der Waals surface area contributed by atoms with Gasteiger partial charge in [-0.1, -0.05) is 12.3 Å². The minimum atomic E-state index is -0.807. The van der Waals surface area contributed by atoms with Gasteiger partial charge in [-0.3, -0.25) is 9.59 Å². The van der Waals surface area contributed by atoms with Gasteiger partial charge in [0.05, 0.1) is 11.5 Å². The molecule has 2 N–H and O–H groups in total. The number of hydrogen-bond acceptors (Lipinski definition) is 2. The minimum absolute atomic E-state index is 0.126. The molecule has 1 amide bonds. The van der Waals surface area contributed by atoms with Crippen LogP contribution in [0.1, 0.15) is 39.5 Å². The molecule has 1 aliphatic carbocycles. The fourth-order valence-electron chi connectivity index (χ4n) is 2.10. The lowest BCUT2D eigenvalue weighted by atomic mass is 9.80. The first kappa shape index (κ1) is 13.6. The van der Waals surface area contributed by atoms with Gasteiger partial charge < -0.3 is 10.4 Å². The van der Waals surface area contributed by atoms with Crippen molar-refractivity contribution in [3.8, 4) is 12.3 Å². The quantitative estimate of drug-likeness (QED) is 0.729. The molecule has 0 aromatic rings. The Balaban J connectivity index is 2.59. The predicted octanol–water partition coefficient (Wildman–Crippen LogP) is 1.41. The van der Waals surface area contributed by atoms with Crippen LogP contribution in [0.5, 0.6) is 0 Å². The summed E-state index contributed by atoms with van der Waals surface area (Å²) < 4.78 is 0. The number of terminal acetylenes is 1. The Labute approximate surface area is 102 Å². The maximum Gasteiger partial charge on any atom is 0.306 e. The Morgan fingerprint density at radius 2 is 1.94 bits per heavy atom. The number of hydrogen-bond donors (Lipinski definition) is 2. The molecule has 0 aliphatic heterocycles. The third-order valence-electron chi connectivity index (χ3n) is 3.19. The average molecular weight is 237 g/mol. The molecule has 1 saturated carbocycles. The molecule has 1 rings (SSSR count). The van der Waals surface area contributed by atoms with Crippen LogP contribution in [-0.4, -0.2) is 22.5 Å². The Morgan fingerprint density at radius 1 is 1.35 bits per heavy atom. The highest BCUT2D eigenvalue weighted by Gasteiger charge is 2.32. The fraction of sp³-hybridized carbons (Fsp3) is 0.692. The zero-order valence-electron chi connectivity index (χ0n) is 10.3. The Hall–Kier alpha value is -1.50. The molecule has 0 aromatic carbocycles. The first-order valence-electron chi connectivity index (χ1n) is 5.88. The van der Waals surface area contributed by atoms with E-state index in [-0.39, 0.29) is 11.8 Å². The molecule has 4 nitrogen and oxygen atoms in total. The Bertz CT molecular complexity index is 354. The highest BCUT2D eigenvalue weighted by atomic mass is 16.4. The van der Waals surface area contributed by atoms with E-state index in [1.165, 1.54) is 0 Å². The molecule has 0 saturated heterocycles. The van der Waals surface area contributed by atoms with Crippen molar-refractivity contribution in [2.75, 3.05) is 0 Å². The van der Waals surface area contributed by atoms with Crippen LogP contribution in [0.15, 0.2) is 0 Å². The van der Waals surface area contributed by atoms with Crippen molar-refractivity contribution in [3.63, 3.8) is 0 Å². The van der Waals surface area contributed by atoms with E-state index in [2.05, 4.69) is 11.2 Å². The number of rotatable bonds is 3. The van der Waals surface area contributed by atoms with E-state index in [9.17, 15) is 9.59 Å². The zero-order valence-corrected chi connectivity index (χ0v) is 10.3. The fourth-order valence-corrected chi connectivity index (χ4v) is 2.10. The van der Waals surface area contributed by atoms with E-state index in [1.807, 2.05) is 0 Å². The van der Waals surface area contributed by atoms with E-state index in [0.29, 0.717) is 12.8 Å². The van der Waals surface area contributed by atoms with E-state index in [0.717, 1.165) is 12.8 Å². The van der Waals surface area contributed by atoms with Gasteiger partial charge in [0.25, 0.3) is 0 Å². The van der Waals surface area contributed by atoms with Gasteiger partial charge in [-0.15, -0.1) is 6.42 Å². The van der Waals surface area contributed by atoms with E-state index >= 15 is 0 Å². The monoisotopic (exact) mass is 237 g/mol. The lowest BCUT2D eigenvalue weighted by Crippen LogP contribution is -2.46. The molecule has 0 heterocycles. The van der Waals surface area contributed by atoms with E-state index in [1.54, 1.807) is 13.8 Å². The van der Waals surface area contributed by atoms with Crippen molar-refractivity contribution in [1.82, 2.24) is 5.32 Å². The smallest absolute Gasteiger partial charge is 0.306 e. The van der Waals surface area contributed by atoms with Crippen LogP contribution < -0.4 is 5.32 Å². The average Bonchev–Trinajstić information content (AvgIpc) is 2.28. The first-order valence-corrected chi connectivity index (χ1v) is 5.88. The summed E-state index contributed by atoms with van der Waals surface area (Å²) in [5.41, 5.74) is -0.673. The Kier molecular flexibility index (Phi) is 4.17. The second-order valence-corrected chi connectivity index (χ2v) is 5.16. The van der Waals surface area contributed by atoms with Crippen LogP contribution in [0.2, 0.25) is 0 Å². The molecule has 0 bridgehead atoms. The summed E-state index contributed by atoms with van der Waals surface area (Å²) in [6.07, 6.45) is 7.91. The standard InChI is InChI=1S/C13H19NO3/c1-4-13(2,3)14-11(15)9-6-5-7-10(8-9)12(16)17/h1,9-10H,5-8H2,2-3H3,(H,14,15)(H,16,17). The summed E-state index contributed by atoms with van der Waals surface area (Å²) in [6, 6.07) is 0. The van der Waals surface area contributed by atoms with Gasteiger partial charge in [0.1, 0.15) is 0 Å². The van der Waals surface area contributed by atoms with Gasteiger partial charge >= 0.3 is 5.97 Å². The number of amides is 1. The lowest BCUT2D eigenvalue weighted by molar-refractivity contribution is -0.144. The number of carboxylic acid groups (broad SMARTS) is 1. The molecule has 1 fully saturated rings. The number of carbonyl (C=O) groups excluding carboxylic acids is 1. The molecule has 0 spiro atoms. The van der Waals surface area contributed by atoms with Crippen LogP contribution >= 0.6 is 0 Å². The number of carboxylic acids is 1. The molecular weight excluding hydrogens is 218 g/mol. The van der Waals surface area contributed by atoms with Crippen molar-refractivity contribution in [1.29, 1.82) is 0 Å². The zero-order chi connectivity index (χ0) is 13.1. The minimum Gasteiger partial charge on any atom is -0.481 e. The summed E-state index contributed by atoms with van der Waals surface area (Å²) in [4.78, 5) is 22.8. The van der Waals surface area contributed by atoms with Crippen LogP contribution in [0.3, 0.4) is 0 Å². The summed E-state index contributed by atoms with van der Waals surface area (Å²) >= 11 is 0. The summed E-state index contributed by atoms with van der Waals surface area (Å²) in [7, 11) is 0. The maximum absolute atomic E-state index is 11.9. The number of carbonyl (C=O) groups is 2. The Morgan fingerprint density at radius 3 is 2.47 bits per heavy atom. The molecule has 2 unspecified atom stereocenters. The van der Waals surface area contributed by atoms with Crippen LogP contribution in [0, 0.1) is 24.2 Å². The second-order valence-electron chi connectivity index (χ2n) is 5.16. The largest absolute Gasteiger partial charge is 0.481 e. The van der Waals surface area contributed by atoms with Crippen molar-refractivity contribution < 1.29 is 14.7 Å².